The van der Waals surface area contributed by atoms with E-state index in [-0.39, 0.29) is 17.7 Å². The van der Waals surface area contributed by atoms with E-state index in [0.29, 0.717) is 5.92 Å². The van der Waals surface area contributed by atoms with Crippen LogP contribution in [0.3, 0.4) is 0 Å². The lowest BCUT2D eigenvalue weighted by Gasteiger charge is -2.34. The van der Waals surface area contributed by atoms with Gasteiger partial charge in [0, 0.05) is 12.1 Å². The van der Waals surface area contributed by atoms with Gasteiger partial charge in [-0.15, -0.1) is 0 Å². The van der Waals surface area contributed by atoms with Gasteiger partial charge in [0.15, 0.2) is 0 Å². The molecule has 1 fully saturated rings. The predicted molar refractivity (Wildman–Crippen MR) is 66.5 cm³/mol. The number of likely N-dealkylation sites (N-methyl/N-ethyl adjacent to an activating group) is 1. The third-order valence-electron chi connectivity index (χ3n) is 3.74. The molecule has 3 heteroatoms. The number of hydrogen-bond acceptors (Lipinski definition) is 3. The fourth-order valence-corrected chi connectivity index (χ4v) is 2.69. The maximum atomic E-state index is 9.54. The topological polar surface area (TPSA) is 41.5 Å². The summed E-state index contributed by atoms with van der Waals surface area (Å²) in [5.41, 5.74) is -0.110. The zero-order chi connectivity index (χ0) is 12.2. The summed E-state index contributed by atoms with van der Waals surface area (Å²) in [5.74, 6) is 0.546. The number of hydrogen-bond donors (Lipinski definition) is 2. The van der Waals surface area contributed by atoms with E-state index in [4.69, 9.17) is 4.74 Å². The minimum absolute atomic E-state index is 0.0543. The third kappa shape index (κ3) is 3.44. The highest BCUT2D eigenvalue weighted by Crippen LogP contribution is 2.37. The van der Waals surface area contributed by atoms with E-state index < -0.39 is 0 Å². The van der Waals surface area contributed by atoms with Crippen LogP contribution in [0.5, 0.6) is 0 Å². The Hall–Kier alpha value is -0.120. The monoisotopic (exact) mass is 229 g/mol. The van der Waals surface area contributed by atoms with Gasteiger partial charge >= 0.3 is 0 Å². The van der Waals surface area contributed by atoms with Crippen molar-refractivity contribution in [1.29, 1.82) is 0 Å². The Balaban J connectivity index is 2.41. The van der Waals surface area contributed by atoms with Crippen LogP contribution >= 0.6 is 0 Å². The molecule has 0 amide bonds. The maximum absolute atomic E-state index is 9.54. The van der Waals surface area contributed by atoms with Gasteiger partial charge in [-0.3, -0.25) is 0 Å². The van der Waals surface area contributed by atoms with Crippen LogP contribution in [0.2, 0.25) is 0 Å². The molecule has 0 radical (unpaired) electrons. The molecule has 96 valence electrons. The summed E-state index contributed by atoms with van der Waals surface area (Å²) in [4.78, 5) is 0. The SMILES string of the molecule is CNC1(CO)CCCC1CCOC(C)(C)C. The number of aliphatic hydroxyl groups is 1. The lowest BCUT2D eigenvalue weighted by molar-refractivity contribution is -0.0155. The molecule has 0 aliphatic heterocycles. The summed E-state index contributed by atoms with van der Waals surface area (Å²) >= 11 is 0. The second-order valence-electron chi connectivity index (χ2n) is 5.90. The molecule has 0 aromatic carbocycles. The lowest BCUT2D eigenvalue weighted by Crippen LogP contribution is -2.49. The molecule has 2 unspecified atom stereocenters. The Labute approximate surface area is 99.6 Å². The van der Waals surface area contributed by atoms with Crippen LogP contribution in [0.15, 0.2) is 0 Å². The molecule has 0 heterocycles. The van der Waals surface area contributed by atoms with Crippen LogP contribution in [0.4, 0.5) is 0 Å². The van der Waals surface area contributed by atoms with Crippen molar-refractivity contribution >= 4 is 0 Å². The zero-order valence-electron chi connectivity index (χ0n) is 11.2. The fourth-order valence-electron chi connectivity index (χ4n) is 2.69. The first-order valence-electron chi connectivity index (χ1n) is 6.37. The lowest BCUT2D eigenvalue weighted by atomic mass is 9.85. The van der Waals surface area contributed by atoms with Crippen molar-refractivity contribution in [3.63, 3.8) is 0 Å². The molecule has 1 rings (SSSR count). The quantitative estimate of drug-likeness (QED) is 0.757. The van der Waals surface area contributed by atoms with Crippen LogP contribution in [-0.4, -0.2) is 36.5 Å². The van der Waals surface area contributed by atoms with Crippen molar-refractivity contribution in [3.8, 4) is 0 Å². The Bertz CT molecular complexity index is 206. The summed E-state index contributed by atoms with van der Waals surface area (Å²) in [6, 6.07) is 0. The van der Waals surface area contributed by atoms with E-state index in [2.05, 4.69) is 26.1 Å². The molecule has 2 N–H and O–H groups in total. The van der Waals surface area contributed by atoms with Crippen LogP contribution in [0, 0.1) is 5.92 Å². The van der Waals surface area contributed by atoms with Gasteiger partial charge in [0.05, 0.1) is 12.2 Å². The van der Waals surface area contributed by atoms with Gasteiger partial charge in [0.2, 0.25) is 0 Å². The van der Waals surface area contributed by atoms with E-state index in [1.165, 1.54) is 12.8 Å². The first-order valence-corrected chi connectivity index (χ1v) is 6.37. The Kier molecular flexibility index (Phi) is 4.77. The highest BCUT2D eigenvalue weighted by molar-refractivity contribution is 4.97. The van der Waals surface area contributed by atoms with Crippen molar-refractivity contribution < 1.29 is 9.84 Å². The predicted octanol–water partition coefficient (Wildman–Crippen LogP) is 1.94. The number of ether oxygens (including phenoxy) is 1. The second kappa shape index (κ2) is 5.48. The van der Waals surface area contributed by atoms with Gasteiger partial charge in [-0.05, 0) is 53.0 Å². The number of aliphatic hydroxyl groups excluding tert-OH is 1. The zero-order valence-corrected chi connectivity index (χ0v) is 11.2. The Morgan fingerprint density at radius 2 is 2.12 bits per heavy atom. The first kappa shape index (κ1) is 13.9. The minimum atomic E-state index is -0.0554. The molecule has 1 aliphatic rings. The standard InChI is InChI=1S/C13H27NO2/c1-12(2,3)16-9-7-11-6-5-8-13(11,10-15)14-4/h11,14-15H,5-10H2,1-4H3. The van der Waals surface area contributed by atoms with Crippen molar-refractivity contribution in [2.45, 2.75) is 57.6 Å². The highest BCUT2D eigenvalue weighted by atomic mass is 16.5. The molecule has 2 atom stereocenters. The summed E-state index contributed by atoms with van der Waals surface area (Å²) in [7, 11) is 1.96. The summed E-state index contributed by atoms with van der Waals surface area (Å²) in [5, 5.41) is 12.9. The van der Waals surface area contributed by atoms with Crippen molar-refractivity contribution in [3.05, 3.63) is 0 Å². The second-order valence-corrected chi connectivity index (χ2v) is 5.90. The van der Waals surface area contributed by atoms with Crippen LogP contribution in [0.25, 0.3) is 0 Å². The molecular formula is C13H27NO2. The highest BCUT2D eigenvalue weighted by Gasteiger charge is 2.40. The van der Waals surface area contributed by atoms with Crippen LogP contribution in [0.1, 0.15) is 46.5 Å². The molecule has 3 nitrogen and oxygen atoms in total. The van der Waals surface area contributed by atoms with Crippen LogP contribution in [-0.2, 0) is 4.74 Å². The molecule has 1 saturated carbocycles. The molecule has 0 aromatic heterocycles. The van der Waals surface area contributed by atoms with E-state index in [1.807, 2.05) is 7.05 Å². The van der Waals surface area contributed by atoms with E-state index in [0.717, 1.165) is 19.4 Å². The molecule has 0 aromatic rings. The molecule has 1 aliphatic carbocycles. The van der Waals surface area contributed by atoms with Crippen molar-refractivity contribution in [2.75, 3.05) is 20.3 Å². The first-order chi connectivity index (χ1) is 7.43. The summed E-state index contributed by atoms with van der Waals surface area (Å²) in [6.45, 7) is 7.28. The normalized spacial score (nSPS) is 30.9. The number of rotatable bonds is 5. The molecular weight excluding hydrogens is 202 g/mol. The van der Waals surface area contributed by atoms with Gasteiger partial charge in [0.25, 0.3) is 0 Å². The van der Waals surface area contributed by atoms with E-state index in [1.54, 1.807) is 0 Å². The number of nitrogens with one attached hydrogen (secondary N) is 1. The largest absolute Gasteiger partial charge is 0.394 e. The average molecular weight is 229 g/mol. The molecule has 16 heavy (non-hydrogen) atoms. The molecule has 0 spiro atoms. The van der Waals surface area contributed by atoms with Gasteiger partial charge in [0.1, 0.15) is 0 Å². The third-order valence-corrected chi connectivity index (χ3v) is 3.74. The van der Waals surface area contributed by atoms with Gasteiger partial charge in [-0.1, -0.05) is 6.42 Å². The van der Waals surface area contributed by atoms with Gasteiger partial charge < -0.3 is 15.2 Å². The molecule has 0 saturated heterocycles. The molecule has 0 bridgehead atoms. The average Bonchev–Trinajstić information content (AvgIpc) is 2.60. The maximum Gasteiger partial charge on any atom is 0.0615 e. The van der Waals surface area contributed by atoms with Gasteiger partial charge in [-0.25, -0.2) is 0 Å². The minimum Gasteiger partial charge on any atom is -0.394 e. The summed E-state index contributed by atoms with van der Waals surface area (Å²) < 4.78 is 5.76. The van der Waals surface area contributed by atoms with E-state index in [9.17, 15) is 5.11 Å². The Morgan fingerprint density at radius 3 is 2.62 bits per heavy atom. The van der Waals surface area contributed by atoms with Crippen molar-refractivity contribution in [2.24, 2.45) is 5.92 Å². The smallest absolute Gasteiger partial charge is 0.0615 e. The van der Waals surface area contributed by atoms with Crippen molar-refractivity contribution in [1.82, 2.24) is 5.32 Å². The van der Waals surface area contributed by atoms with E-state index >= 15 is 0 Å². The fraction of sp³-hybridized carbons (Fsp3) is 1.00. The van der Waals surface area contributed by atoms with Crippen LogP contribution < -0.4 is 5.32 Å². The summed E-state index contributed by atoms with van der Waals surface area (Å²) in [6.07, 6.45) is 4.54. The Morgan fingerprint density at radius 1 is 1.44 bits per heavy atom. The van der Waals surface area contributed by atoms with Gasteiger partial charge in [-0.2, -0.15) is 0 Å².